The number of likely N-dealkylation sites (tertiary alicyclic amines) is 1. The Morgan fingerprint density at radius 3 is 2.44 bits per heavy atom. The van der Waals surface area contributed by atoms with E-state index in [1.54, 1.807) is 0 Å². The lowest BCUT2D eigenvalue weighted by molar-refractivity contribution is 0.0600. The fourth-order valence-corrected chi connectivity index (χ4v) is 3.49. The predicted molar refractivity (Wildman–Crippen MR) is 77.9 cm³/mol. The summed E-state index contributed by atoms with van der Waals surface area (Å²) in [7, 11) is 4.60. The lowest BCUT2D eigenvalue weighted by atomic mass is 9.78. The number of rotatable bonds is 6. The Balaban J connectivity index is 1.69. The highest BCUT2D eigenvalue weighted by Gasteiger charge is 2.34. The highest BCUT2D eigenvalue weighted by molar-refractivity contribution is 4.89. The number of nitrogens with one attached hydrogen (secondary N) is 1. The van der Waals surface area contributed by atoms with Gasteiger partial charge in [0.15, 0.2) is 0 Å². The summed E-state index contributed by atoms with van der Waals surface area (Å²) >= 11 is 0. The summed E-state index contributed by atoms with van der Waals surface area (Å²) < 4.78 is 0. The maximum absolute atomic E-state index is 3.51. The van der Waals surface area contributed by atoms with Crippen molar-refractivity contribution in [1.29, 1.82) is 0 Å². The highest BCUT2D eigenvalue weighted by Crippen LogP contribution is 2.32. The molecule has 0 amide bonds. The molecule has 1 heterocycles. The number of hydrogen-bond donors (Lipinski definition) is 1. The van der Waals surface area contributed by atoms with E-state index in [4.69, 9.17) is 0 Å². The third kappa shape index (κ3) is 3.69. The van der Waals surface area contributed by atoms with Crippen molar-refractivity contribution in [3.63, 3.8) is 0 Å². The molecule has 2 rings (SSSR count). The quantitative estimate of drug-likeness (QED) is 0.776. The third-order valence-corrected chi connectivity index (χ3v) is 4.98. The van der Waals surface area contributed by atoms with Gasteiger partial charge in [0.1, 0.15) is 0 Å². The standard InChI is InChI=1S/C15H31N3/c1-4-16-11-14-5-6-15(14)18(3)12-13-7-9-17(2)10-8-13/h13-16H,4-12H2,1-3H3. The molecule has 2 atom stereocenters. The molecular weight excluding hydrogens is 222 g/mol. The van der Waals surface area contributed by atoms with Crippen molar-refractivity contribution in [1.82, 2.24) is 15.1 Å². The molecule has 2 aliphatic rings. The normalized spacial score (nSPS) is 30.7. The monoisotopic (exact) mass is 253 g/mol. The van der Waals surface area contributed by atoms with Crippen LogP contribution in [0.3, 0.4) is 0 Å². The molecule has 1 N–H and O–H groups in total. The molecule has 106 valence electrons. The van der Waals surface area contributed by atoms with E-state index >= 15 is 0 Å². The average Bonchev–Trinajstić information content (AvgIpc) is 2.31. The van der Waals surface area contributed by atoms with Crippen LogP contribution in [0.25, 0.3) is 0 Å². The van der Waals surface area contributed by atoms with Crippen molar-refractivity contribution >= 4 is 0 Å². The van der Waals surface area contributed by atoms with Gasteiger partial charge in [0.05, 0.1) is 0 Å². The molecule has 0 radical (unpaired) electrons. The molecule has 2 fully saturated rings. The fraction of sp³-hybridized carbons (Fsp3) is 1.00. The van der Waals surface area contributed by atoms with E-state index in [9.17, 15) is 0 Å². The minimum absolute atomic E-state index is 0.851. The Kier molecular flexibility index (Phi) is 5.46. The molecule has 0 aromatic carbocycles. The zero-order valence-corrected chi connectivity index (χ0v) is 12.5. The van der Waals surface area contributed by atoms with Gasteiger partial charge >= 0.3 is 0 Å². The van der Waals surface area contributed by atoms with Crippen LogP contribution in [0, 0.1) is 11.8 Å². The summed E-state index contributed by atoms with van der Waals surface area (Å²) in [6.07, 6.45) is 5.63. The summed E-state index contributed by atoms with van der Waals surface area (Å²) in [6, 6.07) is 0.851. The van der Waals surface area contributed by atoms with Gasteiger partial charge in [-0.25, -0.2) is 0 Å². The first-order valence-corrected chi connectivity index (χ1v) is 7.80. The molecule has 18 heavy (non-hydrogen) atoms. The topological polar surface area (TPSA) is 18.5 Å². The van der Waals surface area contributed by atoms with Crippen LogP contribution in [0.4, 0.5) is 0 Å². The lowest BCUT2D eigenvalue weighted by Crippen LogP contribution is -2.50. The smallest absolute Gasteiger partial charge is 0.0133 e. The van der Waals surface area contributed by atoms with Crippen molar-refractivity contribution in [2.75, 3.05) is 46.8 Å². The lowest BCUT2D eigenvalue weighted by Gasteiger charge is -2.44. The molecule has 1 aliphatic heterocycles. The van der Waals surface area contributed by atoms with E-state index in [0.717, 1.165) is 24.4 Å². The largest absolute Gasteiger partial charge is 0.317 e. The molecule has 3 nitrogen and oxygen atoms in total. The molecule has 1 saturated carbocycles. The summed E-state index contributed by atoms with van der Waals surface area (Å²) in [5, 5.41) is 3.51. The Hall–Kier alpha value is -0.120. The molecule has 1 saturated heterocycles. The van der Waals surface area contributed by atoms with Gasteiger partial charge in [-0.2, -0.15) is 0 Å². The fourth-order valence-electron chi connectivity index (χ4n) is 3.49. The second-order valence-electron chi connectivity index (χ2n) is 6.40. The van der Waals surface area contributed by atoms with Gasteiger partial charge in [0.2, 0.25) is 0 Å². The van der Waals surface area contributed by atoms with Gasteiger partial charge in [-0.1, -0.05) is 6.92 Å². The first-order valence-electron chi connectivity index (χ1n) is 7.80. The van der Waals surface area contributed by atoms with Gasteiger partial charge in [-0.05, 0) is 77.8 Å². The minimum atomic E-state index is 0.851. The first-order chi connectivity index (χ1) is 8.70. The molecule has 2 unspecified atom stereocenters. The maximum atomic E-state index is 3.51. The zero-order chi connectivity index (χ0) is 13.0. The average molecular weight is 253 g/mol. The molecule has 0 spiro atoms. The Labute approximate surface area is 113 Å². The van der Waals surface area contributed by atoms with E-state index in [2.05, 4.69) is 36.1 Å². The van der Waals surface area contributed by atoms with Crippen LogP contribution in [0.2, 0.25) is 0 Å². The summed E-state index contributed by atoms with van der Waals surface area (Å²) in [5.41, 5.74) is 0. The van der Waals surface area contributed by atoms with E-state index in [0.29, 0.717) is 0 Å². The molecule has 0 bridgehead atoms. The van der Waals surface area contributed by atoms with Crippen molar-refractivity contribution in [2.45, 2.75) is 38.6 Å². The van der Waals surface area contributed by atoms with Gasteiger partial charge < -0.3 is 15.1 Å². The van der Waals surface area contributed by atoms with E-state index < -0.39 is 0 Å². The minimum Gasteiger partial charge on any atom is -0.317 e. The summed E-state index contributed by atoms with van der Waals surface area (Å²) in [4.78, 5) is 5.12. The van der Waals surface area contributed by atoms with Crippen molar-refractivity contribution in [2.24, 2.45) is 11.8 Å². The maximum Gasteiger partial charge on any atom is 0.0133 e. The van der Waals surface area contributed by atoms with Crippen LogP contribution in [-0.4, -0.2) is 62.7 Å². The SMILES string of the molecule is CCNCC1CCC1N(C)CC1CCN(C)CC1. The van der Waals surface area contributed by atoms with Gasteiger partial charge in [0.25, 0.3) is 0 Å². The first kappa shape index (κ1) is 14.3. The third-order valence-electron chi connectivity index (χ3n) is 4.98. The highest BCUT2D eigenvalue weighted by atomic mass is 15.2. The van der Waals surface area contributed by atoms with Gasteiger partial charge in [-0.15, -0.1) is 0 Å². The van der Waals surface area contributed by atoms with Crippen LogP contribution in [0.5, 0.6) is 0 Å². The summed E-state index contributed by atoms with van der Waals surface area (Å²) in [5.74, 6) is 1.84. The predicted octanol–water partition coefficient (Wildman–Crippen LogP) is 1.65. The summed E-state index contributed by atoms with van der Waals surface area (Å²) in [6.45, 7) is 8.45. The number of hydrogen-bond acceptors (Lipinski definition) is 3. The Morgan fingerprint density at radius 1 is 1.17 bits per heavy atom. The van der Waals surface area contributed by atoms with Crippen molar-refractivity contribution < 1.29 is 0 Å². The van der Waals surface area contributed by atoms with Crippen LogP contribution in [-0.2, 0) is 0 Å². The van der Waals surface area contributed by atoms with Gasteiger partial charge in [-0.3, -0.25) is 0 Å². The van der Waals surface area contributed by atoms with Crippen LogP contribution < -0.4 is 5.32 Å². The van der Waals surface area contributed by atoms with E-state index in [-0.39, 0.29) is 0 Å². The van der Waals surface area contributed by atoms with Crippen LogP contribution >= 0.6 is 0 Å². The molecule has 0 aromatic rings. The van der Waals surface area contributed by atoms with E-state index in [1.165, 1.54) is 51.9 Å². The number of piperidine rings is 1. The second-order valence-corrected chi connectivity index (χ2v) is 6.40. The van der Waals surface area contributed by atoms with Crippen molar-refractivity contribution in [3.05, 3.63) is 0 Å². The molecule has 1 aliphatic carbocycles. The zero-order valence-electron chi connectivity index (χ0n) is 12.5. The molecule has 0 aromatic heterocycles. The van der Waals surface area contributed by atoms with Crippen LogP contribution in [0.1, 0.15) is 32.6 Å². The molecular formula is C15H31N3. The number of nitrogens with zero attached hydrogens (tertiary/aromatic N) is 2. The van der Waals surface area contributed by atoms with Crippen molar-refractivity contribution in [3.8, 4) is 0 Å². The Morgan fingerprint density at radius 2 is 1.89 bits per heavy atom. The van der Waals surface area contributed by atoms with Crippen LogP contribution in [0.15, 0.2) is 0 Å². The van der Waals surface area contributed by atoms with Gasteiger partial charge in [0, 0.05) is 12.6 Å². The molecule has 3 heteroatoms. The second kappa shape index (κ2) is 6.88. The van der Waals surface area contributed by atoms with E-state index in [1.807, 2.05) is 0 Å². The Bertz CT molecular complexity index is 236.